The van der Waals surface area contributed by atoms with Gasteiger partial charge in [-0.05, 0) is 23.6 Å². The fraction of sp³-hybridized carbons (Fsp3) is 0.364. The van der Waals surface area contributed by atoms with E-state index >= 15 is 0 Å². The van der Waals surface area contributed by atoms with E-state index in [9.17, 15) is 0 Å². The summed E-state index contributed by atoms with van der Waals surface area (Å²) < 4.78 is 0. The number of nitrogens with zero attached hydrogens (tertiary/aromatic N) is 1. The van der Waals surface area contributed by atoms with E-state index in [1.807, 2.05) is 12.3 Å². The summed E-state index contributed by atoms with van der Waals surface area (Å²) in [5.74, 6) is 0.740. The maximum absolute atomic E-state index is 5.91. The van der Waals surface area contributed by atoms with Crippen LogP contribution < -0.4 is 5.32 Å². The summed E-state index contributed by atoms with van der Waals surface area (Å²) in [6, 6.07) is 2.66. The lowest BCUT2D eigenvalue weighted by molar-refractivity contribution is 0.306. The van der Waals surface area contributed by atoms with Crippen LogP contribution in [-0.2, 0) is 0 Å². The van der Waals surface area contributed by atoms with Gasteiger partial charge in [0, 0.05) is 30.9 Å². The smallest absolute Gasteiger partial charge is 0.0595 e. The van der Waals surface area contributed by atoms with Crippen molar-refractivity contribution in [3.8, 4) is 0 Å². The number of pyridine rings is 1. The molecule has 0 spiro atoms. The van der Waals surface area contributed by atoms with Crippen LogP contribution in [0.1, 0.15) is 12.0 Å². The maximum atomic E-state index is 5.91. The molecule has 1 aromatic rings. The molecule has 1 aliphatic heterocycles. The van der Waals surface area contributed by atoms with Gasteiger partial charge in [0.2, 0.25) is 0 Å². The molecule has 2 unspecified atom stereocenters. The largest absolute Gasteiger partial charge is 0.312 e. The van der Waals surface area contributed by atoms with E-state index in [0.717, 1.165) is 23.9 Å². The van der Waals surface area contributed by atoms with E-state index in [0.29, 0.717) is 6.04 Å². The Morgan fingerprint density at radius 1 is 1.43 bits per heavy atom. The zero-order chi connectivity index (χ0) is 9.54. The van der Waals surface area contributed by atoms with Gasteiger partial charge in [-0.3, -0.25) is 4.98 Å². The summed E-state index contributed by atoms with van der Waals surface area (Å²) in [5, 5.41) is 4.13. The summed E-state index contributed by atoms with van der Waals surface area (Å²) in [7, 11) is 0. The molecular formula is C11H11ClN2. The number of halogens is 1. The van der Waals surface area contributed by atoms with Gasteiger partial charge in [0.05, 0.1) is 5.02 Å². The predicted octanol–water partition coefficient (Wildman–Crippen LogP) is 2.11. The molecule has 1 fully saturated rings. The Labute approximate surface area is 88.0 Å². The Morgan fingerprint density at radius 2 is 2.36 bits per heavy atom. The quantitative estimate of drug-likeness (QED) is 0.762. The normalized spacial score (nSPS) is 29.4. The average molecular weight is 207 g/mol. The van der Waals surface area contributed by atoms with E-state index < -0.39 is 0 Å². The summed E-state index contributed by atoms with van der Waals surface area (Å²) in [6.45, 7) is 1.13. The number of aromatic nitrogens is 1. The van der Waals surface area contributed by atoms with Crippen LogP contribution in [0.2, 0.25) is 5.02 Å². The van der Waals surface area contributed by atoms with Crippen molar-refractivity contribution < 1.29 is 0 Å². The minimum Gasteiger partial charge on any atom is -0.312 e. The molecule has 0 radical (unpaired) electrons. The van der Waals surface area contributed by atoms with Crippen LogP contribution in [-0.4, -0.2) is 17.6 Å². The van der Waals surface area contributed by atoms with E-state index in [-0.39, 0.29) is 0 Å². The molecule has 1 saturated heterocycles. The summed E-state index contributed by atoms with van der Waals surface area (Å²) in [5.41, 5.74) is 2.56. The molecule has 2 nitrogen and oxygen atoms in total. The van der Waals surface area contributed by atoms with Gasteiger partial charge in [-0.15, -0.1) is 0 Å². The molecule has 72 valence electrons. The predicted molar refractivity (Wildman–Crippen MR) is 57.1 cm³/mol. The Kier molecular flexibility index (Phi) is 1.85. The van der Waals surface area contributed by atoms with E-state index in [2.05, 4.69) is 16.4 Å². The van der Waals surface area contributed by atoms with Gasteiger partial charge in [0.25, 0.3) is 0 Å². The average Bonchev–Trinajstić information content (AvgIpc) is 2.43. The van der Waals surface area contributed by atoms with Crippen molar-refractivity contribution in [2.45, 2.75) is 12.5 Å². The van der Waals surface area contributed by atoms with Crippen LogP contribution in [0.15, 0.2) is 24.5 Å². The lowest BCUT2D eigenvalue weighted by Crippen LogP contribution is -2.49. The first-order valence-corrected chi connectivity index (χ1v) is 5.26. The molecule has 1 aromatic heterocycles. The molecule has 3 heteroatoms. The van der Waals surface area contributed by atoms with Gasteiger partial charge in [-0.25, -0.2) is 0 Å². The molecule has 0 saturated carbocycles. The second-order valence-electron chi connectivity index (χ2n) is 3.97. The van der Waals surface area contributed by atoms with E-state index in [1.54, 1.807) is 6.20 Å². The Hall–Kier alpha value is -0.860. The van der Waals surface area contributed by atoms with Crippen LogP contribution in [0, 0.1) is 5.92 Å². The summed E-state index contributed by atoms with van der Waals surface area (Å²) in [6.07, 6.45) is 7.04. The topological polar surface area (TPSA) is 24.9 Å². The SMILES string of the molecule is Clc1cncc(C2=CC3CNC3C2)c1. The van der Waals surface area contributed by atoms with Gasteiger partial charge in [-0.1, -0.05) is 17.7 Å². The number of hydrogen-bond acceptors (Lipinski definition) is 2. The standard InChI is InChI=1S/C11H11ClN2/c12-10-2-8(4-13-6-10)7-1-9-5-14-11(9)3-7/h1-2,4,6,9,11,14H,3,5H2. The second kappa shape index (κ2) is 3.07. The molecule has 2 heterocycles. The van der Waals surface area contributed by atoms with Crippen LogP contribution in [0.3, 0.4) is 0 Å². The Bertz CT molecular complexity index is 400. The Balaban J connectivity index is 1.92. The maximum Gasteiger partial charge on any atom is 0.0595 e. The van der Waals surface area contributed by atoms with Crippen LogP contribution in [0.5, 0.6) is 0 Å². The highest BCUT2D eigenvalue weighted by molar-refractivity contribution is 6.30. The lowest BCUT2D eigenvalue weighted by Gasteiger charge is -2.31. The first kappa shape index (κ1) is 8.45. The second-order valence-corrected chi connectivity index (χ2v) is 4.40. The highest BCUT2D eigenvalue weighted by Gasteiger charge is 2.34. The monoisotopic (exact) mass is 206 g/mol. The fourth-order valence-electron chi connectivity index (χ4n) is 2.18. The van der Waals surface area contributed by atoms with E-state index in [1.165, 1.54) is 11.1 Å². The Morgan fingerprint density at radius 3 is 2.93 bits per heavy atom. The lowest BCUT2D eigenvalue weighted by atomic mass is 9.95. The first-order valence-electron chi connectivity index (χ1n) is 4.88. The molecule has 14 heavy (non-hydrogen) atoms. The minimum absolute atomic E-state index is 0.670. The van der Waals surface area contributed by atoms with Crippen molar-refractivity contribution in [3.63, 3.8) is 0 Å². The molecule has 1 aliphatic carbocycles. The van der Waals surface area contributed by atoms with Crippen molar-refractivity contribution >= 4 is 17.2 Å². The number of hydrogen-bond donors (Lipinski definition) is 1. The molecule has 0 amide bonds. The molecule has 1 N–H and O–H groups in total. The molecule has 3 rings (SSSR count). The van der Waals surface area contributed by atoms with Crippen molar-refractivity contribution in [2.75, 3.05) is 6.54 Å². The molecule has 0 bridgehead atoms. The molecule has 2 aliphatic rings. The molecule has 2 atom stereocenters. The summed E-state index contributed by atoms with van der Waals surface area (Å²) >= 11 is 5.91. The van der Waals surface area contributed by atoms with Gasteiger partial charge >= 0.3 is 0 Å². The summed E-state index contributed by atoms with van der Waals surface area (Å²) in [4.78, 5) is 4.11. The third-order valence-corrected chi connectivity index (χ3v) is 3.27. The van der Waals surface area contributed by atoms with Crippen LogP contribution in [0.25, 0.3) is 5.57 Å². The number of nitrogens with one attached hydrogen (secondary N) is 1. The third kappa shape index (κ3) is 1.26. The number of fused-ring (bicyclic) bond motifs is 1. The van der Waals surface area contributed by atoms with Crippen molar-refractivity contribution in [1.82, 2.24) is 10.3 Å². The fourth-order valence-corrected chi connectivity index (χ4v) is 2.36. The van der Waals surface area contributed by atoms with Crippen LogP contribution >= 0.6 is 11.6 Å². The first-order chi connectivity index (χ1) is 6.83. The minimum atomic E-state index is 0.670. The van der Waals surface area contributed by atoms with Crippen molar-refractivity contribution in [2.24, 2.45) is 5.92 Å². The highest BCUT2D eigenvalue weighted by atomic mass is 35.5. The van der Waals surface area contributed by atoms with Crippen molar-refractivity contribution in [1.29, 1.82) is 0 Å². The zero-order valence-corrected chi connectivity index (χ0v) is 8.46. The van der Waals surface area contributed by atoms with Crippen LogP contribution in [0.4, 0.5) is 0 Å². The van der Waals surface area contributed by atoms with Gasteiger partial charge in [0.1, 0.15) is 0 Å². The zero-order valence-electron chi connectivity index (χ0n) is 7.70. The van der Waals surface area contributed by atoms with Gasteiger partial charge in [0.15, 0.2) is 0 Å². The van der Waals surface area contributed by atoms with Crippen molar-refractivity contribution in [3.05, 3.63) is 35.1 Å². The molecular weight excluding hydrogens is 196 g/mol. The van der Waals surface area contributed by atoms with Gasteiger partial charge in [-0.2, -0.15) is 0 Å². The van der Waals surface area contributed by atoms with Gasteiger partial charge < -0.3 is 5.32 Å². The highest BCUT2D eigenvalue weighted by Crippen LogP contribution is 2.36. The third-order valence-electron chi connectivity index (χ3n) is 3.06. The number of rotatable bonds is 1. The van der Waals surface area contributed by atoms with E-state index in [4.69, 9.17) is 11.6 Å². The molecule has 0 aromatic carbocycles.